The number of carbonyl (C=O) groups is 1. The topological polar surface area (TPSA) is 44.4 Å². The summed E-state index contributed by atoms with van der Waals surface area (Å²) in [6.45, 7) is 3.16. The molecule has 0 aromatic carbocycles. The van der Waals surface area contributed by atoms with Crippen LogP contribution < -0.4 is 10.6 Å². The molecule has 2 N–H and O–H groups in total. The number of thioether (sulfide) groups is 1. The van der Waals surface area contributed by atoms with Gasteiger partial charge in [-0.2, -0.15) is 0 Å². The quantitative estimate of drug-likeness (QED) is 0.738. The highest BCUT2D eigenvalue weighted by atomic mass is 32.2. The predicted molar refractivity (Wildman–Crippen MR) is 67.5 cm³/mol. The second kappa shape index (κ2) is 5.89. The van der Waals surface area contributed by atoms with Gasteiger partial charge in [0.05, 0.1) is 6.04 Å². The Labute approximate surface area is 102 Å². The first-order valence-electron chi connectivity index (χ1n) is 6.03. The molecule has 0 radical (unpaired) electrons. The molecule has 0 aromatic rings. The molecule has 2 unspecified atom stereocenters. The molecule has 4 nitrogen and oxygen atoms in total. The van der Waals surface area contributed by atoms with Crippen LogP contribution in [0.3, 0.4) is 0 Å². The minimum absolute atomic E-state index is 0.0336. The third kappa shape index (κ3) is 3.37. The number of hydrogen-bond donors (Lipinski definition) is 2. The van der Waals surface area contributed by atoms with Gasteiger partial charge in [0.25, 0.3) is 0 Å². The van der Waals surface area contributed by atoms with Gasteiger partial charge in [-0.05, 0) is 32.4 Å². The Morgan fingerprint density at radius 2 is 2.50 bits per heavy atom. The van der Waals surface area contributed by atoms with Crippen LogP contribution in [0.4, 0.5) is 0 Å². The van der Waals surface area contributed by atoms with Crippen LogP contribution in [0.15, 0.2) is 0 Å². The lowest BCUT2D eigenvalue weighted by atomic mass is 9.98. The highest BCUT2D eigenvalue weighted by molar-refractivity contribution is 7.99. The molecule has 0 aliphatic carbocycles. The van der Waals surface area contributed by atoms with Crippen molar-refractivity contribution in [2.45, 2.75) is 18.9 Å². The van der Waals surface area contributed by atoms with E-state index in [0.29, 0.717) is 5.92 Å². The molecular formula is C11H21N3OS. The highest BCUT2D eigenvalue weighted by Crippen LogP contribution is 2.14. The molecule has 2 heterocycles. The van der Waals surface area contributed by atoms with Crippen LogP contribution in [0.25, 0.3) is 0 Å². The van der Waals surface area contributed by atoms with Crippen molar-refractivity contribution in [3.8, 4) is 0 Å². The number of likely N-dealkylation sites (tertiary alicyclic amines) is 1. The Kier molecular flexibility index (Phi) is 4.49. The first kappa shape index (κ1) is 12.2. The third-order valence-corrected chi connectivity index (χ3v) is 4.26. The zero-order chi connectivity index (χ0) is 11.4. The van der Waals surface area contributed by atoms with E-state index in [1.54, 1.807) is 11.8 Å². The first-order chi connectivity index (χ1) is 7.75. The van der Waals surface area contributed by atoms with E-state index in [2.05, 4.69) is 22.6 Å². The lowest BCUT2D eigenvalue weighted by molar-refractivity contribution is -0.122. The smallest absolute Gasteiger partial charge is 0.238 e. The summed E-state index contributed by atoms with van der Waals surface area (Å²) in [6, 6.07) is 0.0336. The van der Waals surface area contributed by atoms with Gasteiger partial charge in [0.1, 0.15) is 0 Å². The molecule has 0 spiro atoms. The minimum Gasteiger partial charge on any atom is -0.354 e. The summed E-state index contributed by atoms with van der Waals surface area (Å²) in [4.78, 5) is 14.1. The molecule has 0 saturated carbocycles. The van der Waals surface area contributed by atoms with Crippen molar-refractivity contribution in [1.29, 1.82) is 0 Å². The molecule has 0 bridgehead atoms. The van der Waals surface area contributed by atoms with Crippen molar-refractivity contribution in [3.05, 3.63) is 0 Å². The van der Waals surface area contributed by atoms with Crippen molar-refractivity contribution in [2.75, 3.05) is 38.3 Å². The lowest BCUT2D eigenvalue weighted by Crippen LogP contribution is -2.45. The first-order valence-corrected chi connectivity index (χ1v) is 7.18. The van der Waals surface area contributed by atoms with Gasteiger partial charge >= 0.3 is 0 Å². The monoisotopic (exact) mass is 243 g/mol. The van der Waals surface area contributed by atoms with E-state index in [0.717, 1.165) is 24.7 Å². The maximum atomic E-state index is 11.8. The summed E-state index contributed by atoms with van der Waals surface area (Å²) in [5, 5.41) is 6.27. The second-order valence-electron chi connectivity index (χ2n) is 4.79. The normalized spacial score (nSPS) is 31.6. The van der Waals surface area contributed by atoms with Crippen LogP contribution in [0.5, 0.6) is 0 Å². The average Bonchev–Trinajstić information content (AvgIpc) is 2.79. The molecule has 2 fully saturated rings. The van der Waals surface area contributed by atoms with Crippen LogP contribution >= 0.6 is 11.8 Å². The number of carbonyl (C=O) groups excluding carboxylic acids is 1. The number of rotatable bonds is 3. The Bertz CT molecular complexity index is 243. The number of nitrogens with one attached hydrogen (secondary N) is 2. The maximum absolute atomic E-state index is 11.8. The van der Waals surface area contributed by atoms with Crippen LogP contribution in [0, 0.1) is 5.92 Å². The van der Waals surface area contributed by atoms with Gasteiger partial charge in [-0.25, -0.2) is 0 Å². The van der Waals surface area contributed by atoms with Crippen LogP contribution in [-0.4, -0.2) is 55.2 Å². The van der Waals surface area contributed by atoms with E-state index in [9.17, 15) is 4.79 Å². The number of hydrogen-bond acceptors (Lipinski definition) is 4. The van der Waals surface area contributed by atoms with E-state index in [-0.39, 0.29) is 11.9 Å². The lowest BCUT2D eigenvalue weighted by Gasteiger charge is -2.29. The largest absolute Gasteiger partial charge is 0.354 e. The van der Waals surface area contributed by atoms with Crippen molar-refractivity contribution in [1.82, 2.24) is 15.5 Å². The summed E-state index contributed by atoms with van der Waals surface area (Å²) >= 11 is 1.79. The average molecular weight is 243 g/mol. The van der Waals surface area contributed by atoms with E-state index < -0.39 is 0 Å². The van der Waals surface area contributed by atoms with Crippen molar-refractivity contribution in [2.24, 2.45) is 5.92 Å². The van der Waals surface area contributed by atoms with Gasteiger partial charge in [-0.1, -0.05) is 0 Å². The van der Waals surface area contributed by atoms with Crippen molar-refractivity contribution < 1.29 is 4.79 Å². The number of nitrogens with zero attached hydrogens (tertiary/aromatic N) is 1. The summed E-state index contributed by atoms with van der Waals surface area (Å²) in [5.41, 5.74) is 0. The second-order valence-corrected chi connectivity index (χ2v) is 5.82. The van der Waals surface area contributed by atoms with E-state index >= 15 is 0 Å². The van der Waals surface area contributed by atoms with Gasteiger partial charge in [-0.3, -0.25) is 10.1 Å². The molecule has 2 saturated heterocycles. The molecule has 2 atom stereocenters. The SMILES string of the molecule is CN1CCCC(CNC(=O)C2CSCN2)C1. The fraction of sp³-hybridized carbons (Fsp3) is 0.909. The maximum Gasteiger partial charge on any atom is 0.238 e. The van der Waals surface area contributed by atoms with Gasteiger partial charge in [0.2, 0.25) is 5.91 Å². The molecule has 2 aliphatic rings. The van der Waals surface area contributed by atoms with E-state index in [1.807, 2.05) is 0 Å². The van der Waals surface area contributed by atoms with E-state index in [1.165, 1.54) is 19.4 Å². The standard InChI is InChI=1S/C11H21N3OS/c1-14-4-2-3-9(6-14)5-12-11(15)10-7-16-8-13-10/h9-10,13H,2-8H2,1H3,(H,12,15). The molecule has 0 aromatic heterocycles. The van der Waals surface area contributed by atoms with Crippen LogP contribution in [0.2, 0.25) is 0 Å². The predicted octanol–water partition coefficient (Wildman–Crippen LogP) is 0.107. The van der Waals surface area contributed by atoms with Gasteiger partial charge in [0, 0.05) is 24.7 Å². The summed E-state index contributed by atoms with van der Waals surface area (Å²) in [5.74, 6) is 2.63. The van der Waals surface area contributed by atoms with Crippen molar-refractivity contribution in [3.63, 3.8) is 0 Å². The molecule has 2 aliphatic heterocycles. The zero-order valence-corrected chi connectivity index (χ0v) is 10.7. The summed E-state index contributed by atoms with van der Waals surface area (Å²) in [7, 11) is 2.16. The fourth-order valence-electron chi connectivity index (χ4n) is 2.37. The molecule has 92 valence electrons. The zero-order valence-electron chi connectivity index (χ0n) is 9.87. The van der Waals surface area contributed by atoms with Crippen molar-refractivity contribution >= 4 is 17.7 Å². The Morgan fingerprint density at radius 3 is 3.19 bits per heavy atom. The van der Waals surface area contributed by atoms with Crippen LogP contribution in [-0.2, 0) is 4.79 Å². The molecule has 1 amide bonds. The summed E-state index contributed by atoms with van der Waals surface area (Å²) < 4.78 is 0. The van der Waals surface area contributed by atoms with Gasteiger partial charge in [-0.15, -0.1) is 11.8 Å². The Morgan fingerprint density at radius 1 is 1.62 bits per heavy atom. The Balaban J connectivity index is 1.67. The molecule has 16 heavy (non-hydrogen) atoms. The number of piperidine rings is 1. The molecule has 5 heteroatoms. The highest BCUT2D eigenvalue weighted by Gasteiger charge is 2.24. The van der Waals surface area contributed by atoms with Gasteiger partial charge < -0.3 is 10.2 Å². The van der Waals surface area contributed by atoms with E-state index in [4.69, 9.17) is 0 Å². The Hall–Kier alpha value is -0.260. The third-order valence-electron chi connectivity index (χ3n) is 3.32. The molecule has 2 rings (SSSR count). The minimum atomic E-state index is 0.0336. The van der Waals surface area contributed by atoms with Crippen LogP contribution in [0.1, 0.15) is 12.8 Å². The molecular weight excluding hydrogens is 222 g/mol. The summed E-state index contributed by atoms with van der Waals surface area (Å²) in [6.07, 6.45) is 2.51. The number of amides is 1. The van der Waals surface area contributed by atoms with Gasteiger partial charge in [0.15, 0.2) is 0 Å². The fourth-order valence-corrected chi connectivity index (χ4v) is 3.31.